The van der Waals surface area contributed by atoms with Crippen molar-refractivity contribution in [3.8, 4) is 0 Å². The van der Waals surface area contributed by atoms with Crippen LogP contribution in [0.5, 0.6) is 0 Å². The predicted molar refractivity (Wildman–Crippen MR) is 95.3 cm³/mol. The Morgan fingerprint density at radius 3 is 2.61 bits per heavy atom. The van der Waals surface area contributed by atoms with Crippen molar-refractivity contribution >= 4 is 28.3 Å². The molecule has 0 aliphatic heterocycles. The Labute approximate surface area is 136 Å². The molecule has 0 saturated carbocycles. The molecule has 6 N–H and O–H groups in total. The molecule has 1 amide bonds. The minimum absolute atomic E-state index is 0.0625. The van der Waals surface area contributed by atoms with Gasteiger partial charge in [0.1, 0.15) is 0 Å². The van der Waals surface area contributed by atoms with E-state index in [4.69, 9.17) is 11.5 Å². The van der Waals surface area contributed by atoms with E-state index in [1.807, 2.05) is 42.5 Å². The predicted octanol–water partition coefficient (Wildman–Crippen LogP) is 1.42. The number of anilines is 1. The van der Waals surface area contributed by atoms with Crippen molar-refractivity contribution in [3.05, 3.63) is 42.5 Å². The van der Waals surface area contributed by atoms with Gasteiger partial charge in [-0.15, -0.1) is 0 Å². The third kappa shape index (κ3) is 4.96. The molecule has 0 fully saturated rings. The number of hydrogen-bond acceptors (Lipinski definition) is 3. The Kier molecular flexibility index (Phi) is 5.94. The summed E-state index contributed by atoms with van der Waals surface area (Å²) in [5.41, 5.74) is 11.4. The van der Waals surface area contributed by atoms with E-state index in [1.165, 1.54) is 0 Å². The monoisotopic (exact) mass is 313 g/mol. The van der Waals surface area contributed by atoms with Crippen molar-refractivity contribution in [2.75, 3.05) is 18.9 Å². The highest BCUT2D eigenvalue weighted by molar-refractivity contribution is 5.97. The van der Waals surface area contributed by atoms with Crippen LogP contribution in [0.25, 0.3) is 10.8 Å². The second kappa shape index (κ2) is 8.14. The first-order chi connectivity index (χ1) is 11.1. The van der Waals surface area contributed by atoms with E-state index in [0.717, 1.165) is 22.9 Å². The molecule has 122 valence electrons. The Morgan fingerprint density at radius 2 is 1.91 bits per heavy atom. The zero-order chi connectivity index (χ0) is 16.7. The molecule has 23 heavy (non-hydrogen) atoms. The highest BCUT2D eigenvalue weighted by atomic mass is 16.2. The molecule has 2 aromatic carbocycles. The average molecular weight is 313 g/mol. The summed E-state index contributed by atoms with van der Waals surface area (Å²) in [6.45, 7) is 0.518. The number of likely N-dealkylation sites (N-methyl/N-ethyl adjacent to an activating group) is 1. The summed E-state index contributed by atoms with van der Waals surface area (Å²) in [6.07, 6.45) is 1.39. The van der Waals surface area contributed by atoms with Crippen LogP contribution in [0.1, 0.15) is 12.8 Å². The van der Waals surface area contributed by atoms with E-state index in [2.05, 4.69) is 15.6 Å². The van der Waals surface area contributed by atoms with Crippen LogP contribution in [0.3, 0.4) is 0 Å². The van der Waals surface area contributed by atoms with Crippen LogP contribution in [-0.2, 0) is 4.79 Å². The van der Waals surface area contributed by atoms with E-state index >= 15 is 0 Å². The first-order valence-electron chi connectivity index (χ1n) is 7.62. The number of guanidine groups is 1. The number of fused-ring (bicyclic) bond motifs is 1. The first kappa shape index (κ1) is 16.8. The van der Waals surface area contributed by atoms with Crippen LogP contribution in [-0.4, -0.2) is 31.5 Å². The minimum atomic E-state index is -0.282. The number of carbonyl (C=O) groups excluding carboxylic acids is 1. The van der Waals surface area contributed by atoms with Crippen LogP contribution in [0.4, 0.5) is 5.69 Å². The number of aliphatic imine (C=N–C) groups is 1. The summed E-state index contributed by atoms with van der Waals surface area (Å²) < 4.78 is 0. The minimum Gasteiger partial charge on any atom is -0.370 e. The van der Waals surface area contributed by atoms with Crippen LogP contribution in [0, 0.1) is 0 Å². The normalized spacial score (nSPS) is 11.9. The molecule has 0 bridgehead atoms. The summed E-state index contributed by atoms with van der Waals surface area (Å²) in [5, 5.41) is 8.22. The number of nitrogens with two attached hydrogens (primary N) is 2. The second-order valence-corrected chi connectivity index (χ2v) is 5.34. The fourth-order valence-corrected chi connectivity index (χ4v) is 2.41. The number of nitrogens with one attached hydrogen (secondary N) is 2. The fraction of sp³-hybridized carbons (Fsp3) is 0.294. The van der Waals surface area contributed by atoms with Crippen molar-refractivity contribution in [1.29, 1.82) is 0 Å². The molecule has 0 spiro atoms. The largest absolute Gasteiger partial charge is 0.370 e. The zero-order valence-corrected chi connectivity index (χ0v) is 13.3. The summed E-state index contributed by atoms with van der Waals surface area (Å²) in [4.78, 5) is 16.3. The summed E-state index contributed by atoms with van der Waals surface area (Å²) in [7, 11) is 1.77. The van der Waals surface area contributed by atoms with Gasteiger partial charge in [0.15, 0.2) is 5.96 Å². The SMILES string of the molecule is CNC(CCCN=C(N)N)C(=O)Nc1ccc2ccccc2c1. The van der Waals surface area contributed by atoms with Gasteiger partial charge in [0.25, 0.3) is 0 Å². The van der Waals surface area contributed by atoms with E-state index in [9.17, 15) is 4.79 Å². The number of benzene rings is 2. The van der Waals surface area contributed by atoms with Gasteiger partial charge in [-0.1, -0.05) is 30.3 Å². The molecular formula is C17H23N5O. The van der Waals surface area contributed by atoms with Crippen LogP contribution in [0.15, 0.2) is 47.5 Å². The third-order valence-corrected chi connectivity index (χ3v) is 3.63. The van der Waals surface area contributed by atoms with Crippen molar-refractivity contribution in [3.63, 3.8) is 0 Å². The molecule has 0 heterocycles. The number of carbonyl (C=O) groups is 1. The Morgan fingerprint density at radius 1 is 1.17 bits per heavy atom. The van der Waals surface area contributed by atoms with Gasteiger partial charge in [0.05, 0.1) is 6.04 Å². The van der Waals surface area contributed by atoms with Crippen LogP contribution in [0.2, 0.25) is 0 Å². The molecule has 1 unspecified atom stereocenters. The topological polar surface area (TPSA) is 106 Å². The number of amides is 1. The Hall–Kier alpha value is -2.60. The molecule has 0 radical (unpaired) electrons. The van der Waals surface area contributed by atoms with Crippen molar-refractivity contribution in [1.82, 2.24) is 5.32 Å². The Bertz CT molecular complexity index is 694. The van der Waals surface area contributed by atoms with E-state index in [-0.39, 0.29) is 17.9 Å². The fourth-order valence-electron chi connectivity index (χ4n) is 2.41. The number of hydrogen-bond donors (Lipinski definition) is 4. The van der Waals surface area contributed by atoms with Gasteiger partial charge in [-0.2, -0.15) is 0 Å². The van der Waals surface area contributed by atoms with E-state index < -0.39 is 0 Å². The third-order valence-electron chi connectivity index (χ3n) is 3.63. The molecule has 0 aliphatic rings. The second-order valence-electron chi connectivity index (χ2n) is 5.34. The molecule has 6 nitrogen and oxygen atoms in total. The quantitative estimate of drug-likeness (QED) is 0.352. The maximum Gasteiger partial charge on any atom is 0.241 e. The lowest BCUT2D eigenvalue weighted by molar-refractivity contribution is -0.118. The van der Waals surface area contributed by atoms with Gasteiger partial charge in [-0.25, -0.2) is 0 Å². The summed E-state index contributed by atoms with van der Waals surface area (Å²) in [6, 6.07) is 13.6. The lowest BCUT2D eigenvalue weighted by Crippen LogP contribution is -2.38. The van der Waals surface area contributed by atoms with Crippen LogP contribution < -0.4 is 22.1 Å². The van der Waals surface area contributed by atoms with E-state index in [1.54, 1.807) is 7.05 Å². The molecule has 0 saturated heterocycles. The average Bonchev–Trinajstić information content (AvgIpc) is 2.54. The smallest absolute Gasteiger partial charge is 0.241 e. The molecule has 2 rings (SSSR count). The zero-order valence-electron chi connectivity index (χ0n) is 13.3. The van der Waals surface area contributed by atoms with Gasteiger partial charge in [-0.05, 0) is 42.8 Å². The lowest BCUT2D eigenvalue weighted by atomic mass is 10.1. The van der Waals surface area contributed by atoms with Crippen molar-refractivity contribution < 1.29 is 4.79 Å². The highest BCUT2D eigenvalue weighted by Gasteiger charge is 2.16. The number of nitrogens with zero attached hydrogens (tertiary/aromatic N) is 1. The number of rotatable bonds is 7. The van der Waals surface area contributed by atoms with Gasteiger partial charge >= 0.3 is 0 Å². The summed E-state index contributed by atoms with van der Waals surface area (Å²) >= 11 is 0. The lowest BCUT2D eigenvalue weighted by Gasteiger charge is -2.16. The molecule has 1 atom stereocenters. The van der Waals surface area contributed by atoms with Gasteiger partial charge < -0.3 is 22.1 Å². The summed E-state index contributed by atoms with van der Waals surface area (Å²) in [5.74, 6) is 0.0131. The Balaban J connectivity index is 1.96. The van der Waals surface area contributed by atoms with E-state index in [0.29, 0.717) is 13.0 Å². The maximum absolute atomic E-state index is 12.3. The van der Waals surface area contributed by atoms with Gasteiger partial charge in [0, 0.05) is 12.2 Å². The highest BCUT2D eigenvalue weighted by Crippen LogP contribution is 2.19. The van der Waals surface area contributed by atoms with Gasteiger partial charge in [-0.3, -0.25) is 9.79 Å². The van der Waals surface area contributed by atoms with Crippen molar-refractivity contribution in [2.45, 2.75) is 18.9 Å². The van der Waals surface area contributed by atoms with Crippen LogP contribution >= 0.6 is 0 Å². The molecule has 2 aromatic rings. The molecule has 0 aromatic heterocycles. The molecule has 6 heteroatoms. The molecular weight excluding hydrogens is 290 g/mol. The maximum atomic E-state index is 12.3. The molecule has 0 aliphatic carbocycles. The standard InChI is InChI=1S/C17H23N5O/c1-20-15(7-4-10-21-17(18)19)16(23)22-14-9-8-12-5-2-3-6-13(12)11-14/h2-3,5-6,8-9,11,15,20H,4,7,10H2,1H3,(H,22,23)(H4,18,19,21). The first-order valence-corrected chi connectivity index (χ1v) is 7.62. The van der Waals surface area contributed by atoms with Gasteiger partial charge in [0.2, 0.25) is 5.91 Å². The van der Waals surface area contributed by atoms with Crippen molar-refractivity contribution in [2.24, 2.45) is 16.5 Å².